The molecule has 1 saturated heterocycles. The number of aromatic nitrogens is 3. The molecular formula is C24H29Cl2FN6O2S. The number of pyridine rings is 3. The second-order valence-corrected chi connectivity index (χ2v) is 9.54. The molecule has 5 heterocycles. The van der Waals surface area contributed by atoms with Crippen LogP contribution < -0.4 is 15.4 Å². The number of carbonyl (C=O) groups excluding carboxylic acids is 1. The molecule has 0 spiro atoms. The van der Waals surface area contributed by atoms with Crippen LogP contribution in [0.1, 0.15) is 17.7 Å². The molecule has 12 heteroatoms. The molecule has 8 nitrogen and oxygen atoms in total. The number of hydrogen-bond acceptors (Lipinski definition) is 8. The zero-order valence-corrected chi connectivity index (χ0v) is 22.2. The van der Waals surface area contributed by atoms with Crippen LogP contribution in [0.2, 0.25) is 0 Å². The number of anilines is 1. The van der Waals surface area contributed by atoms with Crippen molar-refractivity contribution in [3.05, 3.63) is 47.8 Å². The van der Waals surface area contributed by atoms with Gasteiger partial charge >= 0.3 is 0 Å². The number of fused-ring (bicyclic) bond motifs is 2. The van der Waals surface area contributed by atoms with E-state index in [9.17, 15) is 9.18 Å². The molecule has 1 amide bonds. The molecule has 36 heavy (non-hydrogen) atoms. The van der Waals surface area contributed by atoms with Gasteiger partial charge in [-0.15, -0.1) is 36.6 Å². The van der Waals surface area contributed by atoms with Crippen LogP contribution in [0.3, 0.4) is 0 Å². The molecule has 3 aromatic rings. The number of amides is 1. The van der Waals surface area contributed by atoms with E-state index < -0.39 is 6.17 Å². The molecule has 1 fully saturated rings. The quantitative estimate of drug-likeness (QED) is 0.457. The summed E-state index contributed by atoms with van der Waals surface area (Å²) < 4.78 is 20.2. The van der Waals surface area contributed by atoms with Gasteiger partial charge in [0.25, 0.3) is 0 Å². The lowest BCUT2D eigenvalue weighted by Crippen LogP contribution is -2.51. The summed E-state index contributed by atoms with van der Waals surface area (Å²) in [6.07, 6.45) is 2.32. The zero-order valence-electron chi connectivity index (χ0n) is 19.8. The van der Waals surface area contributed by atoms with Gasteiger partial charge in [-0.05, 0) is 49.2 Å². The Bertz CT molecular complexity index is 1210. The maximum Gasteiger partial charge on any atom is 0.235 e. The fourth-order valence-electron chi connectivity index (χ4n) is 4.39. The van der Waals surface area contributed by atoms with Gasteiger partial charge in [0, 0.05) is 37.9 Å². The van der Waals surface area contributed by atoms with E-state index in [1.807, 2.05) is 24.3 Å². The van der Waals surface area contributed by atoms with Crippen LogP contribution in [0.25, 0.3) is 11.0 Å². The van der Waals surface area contributed by atoms with Crippen molar-refractivity contribution in [1.82, 2.24) is 25.2 Å². The van der Waals surface area contributed by atoms with Crippen LogP contribution in [0, 0.1) is 0 Å². The number of likely N-dealkylation sites (tertiary alicyclic amines) is 1. The Morgan fingerprint density at radius 3 is 2.89 bits per heavy atom. The monoisotopic (exact) mass is 554 g/mol. The molecule has 194 valence electrons. The van der Waals surface area contributed by atoms with Gasteiger partial charge in [0.1, 0.15) is 12.0 Å². The molecule has 0 radical (unpaired) electrons. The maximum absolute atomic E-state index is 15.0. The second kappa shape index (κ2) is 12.8. The topological polar surface area (TPSA) is 92.3 Å². The Morgan fingerprint density at radius 1 is 1.22 bits per heavy atom. The van der Waals surface area contributed by atoms with E-state index in [1.54, 1.807) is 19.4 Å². The van der Waals surface area contributed by atoms with Crippen molar-refractivity contribution in [1.29, 1.82) is 0 Å². The van der Waals surface area contributed by atoms with Gasteiger partial charge in [-0.2, -0.15) is 0 Å². The highest BCUT2D eigenvalue weighted by Gasteiger charge is 2.29. The summed E-state index contributed by atoms with van der Waals surface area (Å²) in [6, 6.07) is 9.36. The van der Waals surface area contributed by atoms with Crippen molar-refractivity contribution >= 4 is 59.3 Å². The van der Waals surface area contributed by atoms with Crippen molar-refractivity contribution in [2.75, 3.05) is 37.8 Å². The highest BCUT2D eigenvalue weighted by Crippen LogP contribution is 2.29. The van der Waals surface area contributed by atoms with Crippen molar-refractivity contribution < 1.29 is 13.9 Å². The van der Waals surface area contributed by atoms with Crippen LogP contribution in [0.15, 0.2) is 41.4 Å². The minimum Gasteiger partial charge on any atom is -0.481 e. The number of nitrogens with one attached hydrogen (secondary N) is 2. The first-order valence-electron chi connectivity index (χ1n) is 11.4. The predicted octanol–water partition coefficient (Wildman–Crippen LogP) is 3.67. The van der Waals surface area contributed by atoms with Gasteiger partial charge in [0.2, 0.25) is 11.8 Å². The Hall–Kier alpha value is -2.24. The Balaban J connectivity index is 0.00000180. The number of carbonyl (C=O) groups is 1. The summed E-state index contributed by atoms with van der Waals surface area (Å²) in [4.78, 5) is 28.2. The number of methoxy groups -OCH3 is 1. The lowest BCUT2D eigenvalue weighted by molar-refractivity contribution is -0.113. The minimum absolute atomic E-state index is 0. The molecule has 0 aliphatic carbocycles. The highest BCUT2D eigenvalue weighted by molar-refractivity contribution is 8.00. The van der Waals surface area contributed by atoms with Crippen molar-refractivity contribution in [2.24, 2.45) is 0 Å². The van der Waals surface area contributed by atoms with Gasteiger partial charge in [0.05, 0.1) is 34.5 Å². The van der Waals surface area contributed by atoms with Crippen LogP contribution in [-0.2, 0) is 17.8 Å². The number of halogens is 3. The number of thioether (sulfide) groups is 1. The molecular weight excluding hydrogens is 526 g/mol. The van der Waals surface area contributed by atoms with Crippen LogP contribution >= 0.6 is 36.6 Å². The van der Waals surface area contributed by atoms with Gasteiger partial charge < -0.3 is 15.4 Å². The summed E-state index contributed by atoms with van der Waals surface area (Å²) in [5, 5.41) is 6.12. The van der Waals surface area contributed by atoms with Crippen LogP contribution in [-0.4, -0.2) is 70.5 Å². The van der Waals surface area contributed by atoms with E-state index in [4.69, 9.17) is 4.74 Å². The van der Waals surface area contributed by atoms with E-state index in [1.165, 1.54) is 11.8 Å². The number of piperidine rings is 1. The van der Waals surface area contributed by atoms with E-state index >= 15 is 0 Å². The summed E-state index contributed by atoms with van der Waals surface area (Å²) in [6.45, 7) is 2.44. The Morgan fingerprint density at radius 2 is 2.08 bits per heavy atom. The molecule has 2 N–H and O–H groups in total. The normalized spacial score (nSPS) is 19.6. The third-order valence-electron chi connectivity index (χ3n) is 6.25. The number of alkyl halides is 1. The largest absolute Gasteiger partial charge is 0.481 e. The van der Waals surface area contributed by atoms with Gasteiger partial charge in [-0.1, -0.05) is 0 Å². The first-order valence-corrected chi connectivity index (χ1v) is 12.4. The standard InChI is InChI=1S/C24H27FN6O2S.2ClH/c1-33-22-5-3-19-23(30-22)15(6-9-26-19)7-10-31-11-8-18(17(25)13-31)27-12-16-2-4-20-24(28-16)29-21(32)14-34-20;;/h2-6,9,17-18,27H,7-8,10-14H2,1H3,(H,28,29,32);2*1H/t17-,18-;;/m1../s1. The van der Waals surface area contributed by atoms with Crippen molar-refractivity contribution in [3.63, 3.8) is 0 Å². The molecule has 0 unspecified atom stereocenters. The summed E-state index contributed by atoms with van der Waals surface area (Å²) >= 11 is 1.48. The lowest BCUT2D eigenvalue weighted by Gasteiger charge is -2.35. The third kappa shape index (κ3) is 6.54. The Kier molecular flexibility index (Phi) is 10.1. The average Bonchev–Trinajstić information content (AvgIpc) is 2.86. The smallest absolute Gasteiger partial charge is 0.235 e. The van der Waals surface area contributed by atoms with E-state index in [0.29, 0.717) is 30.5 Å². The van der Waals surface area contributed by atoms with Crippen molar-refractivity contribution in [3.8, 4) is 5.88 Å². The fraction of sp³-hybridized carbons (Fsp3) is 0.417. The molecule has 2 aliphatic rings. The SMILES string of the molecule is COc1ccc2nccc(CCN3CC[C@@H](NCc4ccc5c(n4)NC(=O)CS5)[C@H](F)C3)c2n1.Cl.Cl. The first kappa shape index (κ1) is 28.3. The molecule has 0 saturated carbocycles. The van der Waals surface area contributed by atoms with E-state index in [-0.39, 0.29) is 36.8 Å². The molecule has 2 aliphatic heterocycles. The number of rotatable bonds is 7. The van der Waals surface area contributed by atoms with Gasteiger partial charge in [-0.25, -0.2) is 14.4 Å². The van der Waals surface area contributed by atoms with Crippen LogP contribution in [0.4, 0.5) is 10.2 Å². The highest BCUT2D eigenvalue weighted by atomic mass is 35.5. The summed E-state index contributed by atoms with van der Waals surface area (Å²) in [5.74, 6) is 1.53. The molecule has 2 atom stereocenters. The van der Waals surface area contributed by atoms with E-state index in [2.05, 4.69) is 30.5 Å². The number of hydrogen-bond donors (Lipinski definition) is 2. The zero-order chi connectivity index (χ0) is 23.5. The molecule has 5 rings (SSSR count). The van der Waals surface area contributed by atoms with Crippen LogP contribution in [0.5, 0.6) is 5.88 Å². The number of ether oxygens (including phenoxy) is 1. The second-order valence-electron chi connectivity index (χ2n) is 8.52. The Labute approximate surface area is 226 Å². The molecule has 0 aromatic carbocycles. The number of nitrogens with zero attached hydrogens (tertiary/aromatic N) is 4. The minimum atomic E-state index is -0.964. The summed E-state index contributed by atoms with van der Waals surface area (Å²) in [7, 11) is 1.60. The maximum atomic E-state index is 15.0. The van der Waals surface area contributed by atoms with E-state index in [0.717, 1.165) is 53.1 Å². The molecule has 0 bridgehead atoms. The lowest BCUT2D eigenvalue weighted by atomic mass is 10.0. The molecule has 3 aromatic heterocycles. The summed E-state index contributed by atoms with van der Waals surface area (Å²) in [5.41, 5.74) is 3.55. The van der Waals surface area contributed by atoms with Crippen molar-refractivity contribution in [2.45, 2.75) is 36.5 Å². The van der Waals surface area contributed by atoms with Gasteiger partial charge in [-0.3, -0.25) is 14.7 Å². The third-order valence-corrected chi connectivity index (χ3v) is 7.30. The first-order chi connectivity index (χ1) is 16.6. The predicted molar refractivity (Wildman–Crippen MR) is 144 cm³/mol. The average molecular weight is 556 g/mol. The fourth-order valence-corrected chi connectivity index (χ4v) is 5.15. The van der Waals surface area contributed by atoms with Gasteiger partial charge in [0.15, 0.2) is 0 Å².